The molecule has 6 heteroatoms. The molecule has 2 rings (SSSR count). The van der Waals surface area contributed by atoms with E-state index in [0.717, 1.165) is 6.26 Å². The average molecular weight is 322 g/mol. The van der Waals surface area contributed by atoms with Gasteiger partial charge in [0.05, 0.1) is 6.26 Å². The van der Waals surface area contributed by atoms with Crippen molar-refractivity contribution in [3.05, 3.63) is 71.8 Å². The molecule has 0 aliphatic rings. The van der Waals surface area contributed by atoms with Crippen LogP contribution in [-0.4, -0.2) is 31.5 Å². The molecular weight excluding hydrogens is 304 g/mol. The van der Waals surface area contributed by atoms with Crippen molar-refractivity contribution in [3.8, 4) is 0 Å². The minimum absolute atomic E-state index is 0.370. The van der Waals surface area contributed by atoms with Crippen molar-refractivity contribution in [2.24, 2.45) is 0 Å². The number of aliphatic hydroxyl groups excluding tert-OH is 1. The van der Waals surface area contributed by atoms with E-state index in [-0.39, 0.29) is 0 Å². The SMILES string of the molecule is CS(=O)(=O)OCC(O)(c1ccccc1)C(O)c1ccccc1. The third-order valence-electron chi connectivity index (χ3n) is 3.33. The third kappa shape index (κ3) is 3.92. The summed E-state index contributed by atoms with van der Waals surface area (Å²) in [5.41, 5.74) is -1.05. The molecule has 0 saturated carbocycles. The van der Waals surface area contributed by atoms with Crippen molar-refractivity contribution in [2.75, 3.05) is 12.9 Å². The Kier molecular flexibility index (Phi) is 4.97. The molecule has 0 radical (unpaired) electrons. The maximum Gasteiger partial charge on any atom is 0.264 e. The summed E-state index contributed by atoms with van der Waals surface area (Å²) in [5, 5.41) is 21.5. The fourth-order valence-corrected chi connectivity index (χ4v) is 2.55. The van der Waals surface area contributed by atoms with Crippen LogP contribution in [0.1, 0.15) is 17.2 Å². The smallest absolute Gasteiger partial charge is 0.264 e. The molecule has 5 nitrogen and oxygen atoms in total. The summed E-state index contributed by atoms with van der Waals surface area (Å²) in [4.78, 5) is 0. The monoisotopic (exact) mass is 322 g/mol. The van der Waals surface area contributed by atoms with Gasteiger partial charge in [-0.25, -0.2) is 0 Å². The van der Waals surface area contributed by atoms with Gasteiger partial charge in [-0.15, -0.1) is 0 Å². The van der Waals surface area contributed by atoms with Crippen molar-refractivity contribution in [3.63, 3.8) is 0 Å². The van der Waals surface area contributed by atoms with Gasteiger partial charge in [-0.05, 0) is 11.1 Å². The van der Waals surface area contributed by atoms with Crippen molar-refractivity contribution in [2.45, 2.75) is 11.7 Å². The number of hydrogen-bond acceptors (Lipinski definition) is 5. The molecule has 2 aromatic carbocycles. The summed E-state index contributed by atoms with van der Waals surface area (Å²) in [5.74, 6) is 0. The lowest BCUT2D eigenvalue weighted by atomic mass is 9.85. The zero-order chi connectivity index (χ0) is 16.2. The van der Waals surface area contributed by atoms with E-state index in [1.807, 2.05) is 0 Å². The Balaban J connectivity index is 2.41. The first-order valence-corrected chi connectivity index (χ1v) is 8.50. The molecule has 0 saturated heterocycles. The minimum atomic E-state index is -3.75. The Labute approximate surface area is 129 Å². The van der Waals surface area contributed by atoms with Gasteiger partial charge in [0, 0.05) is 0 Å². The molecular formula is C16H18O5S. The summed E-state index contributed by atoms with van der Waals surface area (Å²) in [6.07, 6.45) is -0.439. The molecule has 118 valence electrons. The van der Waals surface area contributed by atoms with Crippen LogP contribution in [0.25, 0.3) is 0 Å². The van der Waals surface area contributed by atoms with Gasteiger partial charge in [0.2, 0.25) is 0 Å². The molecule has 0 aromatic heterocycles. The molecule has 0 fully saturated rings. The fourth-order valence-electron chi connectivity index (χ4n) is 2.15. The lowest BCUT2D eigenvalue weighted by molar-refractivity contribution is -0.107. The van der Waals surface area contributed by atoms with Gasteiger partial charge in [-0.3, -0.25) is 4.18 Å². The van der Waals surface area contributed by atoms with E-state index in [2.05, 4.69) is 0 Å². The molecule has 0 spiro atoms. The Morgan fingerprint density at radius 3 is 2.05 bits per heavy atom. The second-order valence-corrected chi connectivity index (χ2v) is 6.71. The van der Waals surface area contributed by atoms with Crippen LogP contribution >= 0.6 is 0 Å². The van der Waals surface area contributed by atoms with E-state index < -0.39 is 28.4 Å². The van der Waals surface area contributed by atoms with Crippen LogP contribution in [0, 0.1) is 0 Å². The van der Waals surface area contributed by atoms with Crippen molar-refractivity contribution in [1.29, 1.82) is 0 Å². The molecule has 0 heterocycles. The summed E-state index contributed by atoms with van der Waals surface area (Å²) in [7, 11) is -3.75. The van der Waals surface area contributed by atoms with Crippen LogP contribution in [0.2, 0.25) is 0 Å². The van der Waals surface area contributed by atoms with Crippen molar-refractivity contribution < 1.29 is 22.8 Å². The van der Waals surface area contributed by atoms with Crippen LogP contribution in [0.3, 0.4) is 0 Å². The van der Waals surface area contributed by atoms with E-state index in [4.69, 9.17) is 4.18 Å². The predicted octanol–water partition coefficient (Wildman–Crippen LogP) is 1.58. The normalized spacial score (nSPS) is 16.0. The Morgan fingerprint density at radius 2 is 1.55 bits per heavy atom. The van der Waals surface area contributed by atoms with E-state index in [1.165, 1.54) is 0 Å². The van der Waals surface area contributed by atoms with E-state index in [9.17, 15) is 18.6 Å². The second-order valence-electron chi connectivity index (χ2n) is 5.07. The number of benzene rings is 2. The summed E-state index contributed by atoms with van der Waals surface area (Å²) in [6, 6.07) is 16.9. The van der Waals surface area contributed by atoms with Gasteiger partial charge in [0.25, 0.3) is 10.1 Å². The quantitative estimate of drug-likeness (QED) is 0.789. The predicted molar refractivity (Wildman–Crippen MR) is 82.5 cm³/mol. The topological polar surface area (TPSA) is 83.8 Å². The van der Waals surface area contributed by atoms with E-state index >= 15 is 0 Å². The molecule has 2 atom stereocenters. The lowest BCUT2D eigenvalue weighted by Gasteiger charge is -2.33. The van der Waals surface area contributed by atoms with E-state index in [1.54, 1.807) is 60.7 Å². The maximum atomic E-state index is 11.3. The Hall–Kier alpha value is -1.73. The first kappa shape index (κ1) is 16.6. The minimum Gasteiger partial charge on any atom is -0.385 e. The van der Waals surface area contributed by atoms with Gasteiger partial charge < -0.3 is 10.2 Å². The molecule has 0 bridgehead atoms. The number of aliphatic hydroxyl groups is 2. The van der Waals surface area contributed by atoms with Crippen molar-refractivity contribution >= 4 is 10.1 Å². The third-order valence-corrected chi connectivity index (χ3v) is 3.88. The molecule has 2 unspecified atom stereocenters. The highest BCUT2D eigenvalue weighted by molar-refractivity contribution is 7.85. The highest BCUT2D eigenvalue weighted by Crippen LogP contribution is 2.35. The van der Waals surface area contributed by atoms with E-state index in [0.29, 0.717) is 11.1 Å². The lowest BCUT2D eigenvalue weighted by Crippen LogP contribution is -2.39. The highest BCUT2D eigenvalue weighted by Gasteiger charge is 2.40. The van der Waals surface area contributed by atoms with Crippen LogP contribution in [0.5, 0.6) is 0 Å². The Morgan fingerprint density at radius 1 is 1.05 bits per heavy atom. The molecule has 0 amide bonds. The van der Waals surface area contributed by atoms with Crippen LogP contribution < -0.4 is 0 Å². The zero-order valence-corrected chi connectivity index (χ0v) is 12.9. The van der Waals surface area contributed by atoms with Crippen LogP contribution in [0.4, 0.5) is 0 Å². The summed E-state index contributed by atoms with van der Waals surface area (Å²) in [6.45, 7) is -0.577. The first-order valence-electron chi connectivity index (χ1n) is 6.68. The van der Waals surface area contributed by atoms with Gasteiger partial charge in [0.15, 0.2) is 0 Å². The molecule has 0 aliphatic carbocycles. The average Bonchev–Trinajstić information content (AvgIpc) is 2.53. The van der Waals surface area contributed by atoms with Gasteiger partial charge in [-0.1, -0.05) is 60.7 Å². The first-order chi connectivity index (χ1) is 10.3. The van der Waals surface area contributed by atoms with Crippen LogP contribution in [0.15, 0.2) is 60.7 Å². The summed E-state index contributed by atoms with van der Waals surface area (Å²) >= 11 is 0. The van der Waals surface area contributed by atoms with Crippen LogP contribution in [-0.2, 0) is 19.9 Å². The zero-order valence-electron chi connectivity index (χ0n) is 12.1. The Bertz CT molecular complexity index is 700. The summed E-state index contributed by atoms with van der Waals surface area (Å²) < 4.78 is 27.3. The maximum absolute atomic E-state index is 11.3. The number of hydrogen-bond donors (Lipinski definition) is 2. The molecule has 0 aliphatic heterocycles. The fraction of sp³-hybridized carbons (Fsp3) is 0.250. The van der Waals surface area contributed by atoms with Gasteiger partial charge >= 0.3 is 0 Å². The molecule has 22 heavy (non-hydrogen) atoms. The largest absolute Gasteiger partial charge is 0.385 e. The highest BCUT2D eigenvalue weighted by atomic mass is 32.2. The van der Waals surface area contributed by atoms with Crippen molar-refractivity contribution in [1.82, 2.24) is 0 Å². The standard InChI is InChI=1S/C16H18O5S/c1-22(19,20)21-12-16(18,14-10-6-3-7-11-14)15(17)13-8-4-2-5-9-13/h2-11,15,17-18H,12H2,1H3. The van der Waals surface area contributed by atoms with Gasteiger partial charge in [0.1, 0.15) is 18.3 Å². The molecule has 2 aromatic rings. The van der Waals surface area contributed by atoms with Gasteiger partial charge in [-0.2, -0.15) is 8.42 Å². The number of rotatable bonds is 6. The second kappa shape index (κ2) is 6.58. The molecule has 2 N–H and O–H groups in total.